The second-order valence-electron chi connectivity index (χ2n) is 4.82. The van der Waals surface area contributed by atoms with Gasteiger partial charge in [0.1, 0.15) is 11.6 Å². The van der Waals surface area contributed by atoms with E-state index in [1.54, 1.807) is 0 Å². The highest BCUT2D eigenvalue weighted by Gasteiger charge is 2.30. The van der Waals surface area contributed by atoms with Crippen molar-refractivity contribution in [3.63, 3.8) is 0 Å². The summed E-state index contributed by atoms with van der Waals surface area (Å²) < 4.78 is 1.12. The van der Waals surface area contributed by atoms with Crippen molar-refractivity contribution in [2.75, 3.05) is 11.9 Å². The van der Waals surface area contributed by atoms with Crippen molar-refractivity contribution in [2.24, 2.45) is 0 Å². The molecular formula is C15H16IN3. The second-order valence-corrected chi connectivity index (χ2v) is 5.89. The second kappa shape index (κ2) is 5.07. The zero-order valence-electron chi connectivity index (χ0n) is 11.1. The Hall–Kier alpha value is -1.17. The zero-order chi connectivity index (χ0) is 13.4. The third kappa shape index (κ3) is 2.22. The average Bonchev–Trinajstić information content (AvgIpc) is 2.37. The van der Waals surface area contributed by atoms with Gasteiger partial charge in [0.05, 0.1) is 9.26 Å². The lowest BCUT2D eigenvalue weighted by atomic mass is 9.77. The van der Waals surface area contributed by atoms with Crippen LogP contribution in [0.25, 0.3) is 0 Å². The predicted octanol–water partition coefficient (Wildman–Crippen LogP) is 3.51. The Labute approximate surface area is 127 Å². The van der Waals surface area contributed by atoms with E-state index in [1.807, 2.05) is 0 Å². The lowest BCUT2D eigenvalue weighted by molar-refractivity contribution is 0.656. The first-order valence-electron chi connectivity index (χ1n) is 6.56. The first-order chi connectivity index (χ1) is 9.20. The van der Waals surface area contributed by atoms with Gasteiger partial charge in [-0.25, -0.2) is 9.97 Å². The van der Waals surface area contributed by atoms with Gasteiger partial charge in [-0.05, 0) is 54.0 Å². The fourth-order valence-corrected chi connectivity index (χ4v) is 2.94. The van der Waals surface area contributed by atoms with Crippen LogP contribution in [0, 0.1) is 10.5 Å². The molecule has 0 spiro atoms. The van der Waals surface area contributed by atoms with Crippen LogP contribution in [-0.2, 0) is 6.42 Å². The van der Waals surface area contributed by atoms with Crippen LogP contribution in [0.4, 0.5) is 5.82 Å². The van der Waals surface area contributed by atoms with Crippen LogP contribution in [0.2, 0.25) is 0 Å². The maximum atomic E-state index is 4.71. The molecule has 0 amide bonds. The number of aryl methyl sites for hydroxylation is 1. The minimum Gasteiger partial charge on any atom is -0.369 e. The summed E-state index contributed by atoms with van der Waals surface area (Å²) in [5.41, 5.74) is 3.87. The molecule has 1 aliphatic carbocycles. The SMILES string of the molecule is CCNc1nc(C2Cc3ccccc32)nc(C)c1I. The molecule has 0 aliphatic heterocycles. The number of rotatable bonds is 3. The van der Waals surface area contributed by atoms with Crippen LogP contribution >= 0.6 is 22.6 Å². The van der Waals surface area contributed by atoms with Crippen molar-refractivity contribution < 1.29 is 0 Å². The third-order valence-electron chi connectivity index (χ3n) is 3.54. The minimum absolute atomic E-state index is 0.365. The van der Waals surface area contributed by atoms with Gasteiger partial charge >= 0.3 is 0 Å². The highest BCUT2D eigenvalue weighted by molar-refractivity contribution is 14.1. The van der Waals surface area contributed by atoms with E-state index < -0.39 is 0 Å². The number of aromatic nitrogens is 2. The number of hydrogen-bond donors (Lipinski definition) is 1. The van der Waals surface area contributed by atoms with Crippen molar-refractivity contribution in [2.45, 2.75) is 26.2 Å². The molecule has 0 saturated carbocycles. The quantitative estimate of drug-likeness (QED) is 0.846. The molecule has 0 radical (unpaired) electrons. The number of halogens is 1. The van der Waals surface area contributed by atoms with Crippen molar-refractivity contribution >= 4 is 28.4 Å². The fourth-order valence-electron chi connectivity index (χ4n) is 2.51. The number of nitrogens with zero attached hydrogens (tertiary/aromatic N) is 2. The van der Waals surface area contributed by atoms with Crippen LogP contribution in [0.15, 0.2) is 24.3 Å². The van der Waals surface area contributed by atoms with Crippen LogP contribution < -0.4 is 5.32 Å². The van der Waals surface area contributed by atoms with Crippen LogP contribution in [0.1, 0.15) is 35.5 Å². The molecular weight excluding hydrogens is 349 g/mol. The standard InChI is InChI=1S/C15H16IN3/c1-3-17-15-13(16)9(2)18-14(19-15)12-8-10-6-4-5-7-11(10)12/h4-7,12H,3,8H2,1-2H3,(H,17,18,19). The van der Waals surface area contributed by atoms with Crippen molar-refractivity contribution in [3.8, 4) is 0 Å². The summed E-state index contributed by atoms with van der Waals surface area (Å²) in [4.78, 5) is 9.39. The summed E-state index contributed by atoms with van der Waals surface area (Å²) >= 11 is 2.31. The van der Waals surface area contributed by atoms with E-state index in [4.69, 9.17) is 4.98 Å². The molecule has 98 valence electrons. The summed E-state index contributed by atoms with van der Waals surface area (Å²) in [6, 6.07) is 8.57. The van der Waals surface area contributed by atoms with E-state index >= 15 is 0 Å². The van der Waals surface area contributed by atoms with Crippen molar-refractivity contribution in [3.05, 3.63) is 50.5 Å². The fraction of sp³-hybridized carbons (Fsp3) is 0.333. The Balaban J connectivity index is 1.99. The highest BCUT2D eigenvalue weighted by Crippen LogP contribution is 2.39. The molecule has 1 heterocycles. The molecule has 1 aliphatic rings. The van der Waals surface area contributed by atoms with Gasteiger partial charge in [-0.15, -0.1) is 0 Å². The zero-order valence-corrected chi connectivity index (χ0v) is 13.2. The molecule has 1 unspecified atom stereocenters. The molecule has 0 fully saturated rings. The number of nitrogens with one attached hydrogen (secondary N) is 1. The summed E-state index contributed by atoms with van der Waals surface area (Å²) in [5, 5.41) is 3.33. The minimum atomic E-state index is 0.365. The smallest absolute Gasteiger partial charge is 0.143 e. The Morgan fingerprint density at radius 3 is 2.84 bits per heavy atom. The van der Waals surface area contributed by atoms with Crippen LogP contribution in [0.5, 0.6) is 0 Å². The van der Waals surface area contributed by atoms with Gasteiger partial charge in [-0.2, -0.15) is 0 Å². The number of fused-ring (bicyclic) bond motifs is 1. The van der Waals surface area contributed by atoms with Crippen LogP contribution in [-0.4, -0.2) is 16.5 Å². The Morgan fingerprint density at radius 2 is 2.11 bits per heavy atom. The monoisotopic (exact) mass is 365 g/mol. The largest absolute Gasteiger partial charge is 0.369 e. The van der Waals surface area contributed by atoms with E-state index in [0.29, 0.717) is 5.92 Å². The maximum Gasteiger partial charge on any atom is 0.143 e. The predicted molar refractivity (Wildman–Crippen MR) is 85.6 cm³/mol. The molecule has 0 bridgehead atoms. The van der Waals surface area contributed by atoms with Gasteiger partial charge in [0.2, 0.25) is 0 Å². The van der Waals surface area contributed by atoms with E-state index in [0.717, 1.165) is 33.9 Å². The normalized spacial score (nSPS) is 16.7. The summed E-state index contributed by atoms with van der Waals surface area (Å²) in [6.45, 7) is 5.03. The van der Waals surface area contributed by atoms with Gasteiger partial charge < -0.3 is 5.32 Å². The van der Waals surface area contributed by atoms with Crippen molar-refractivity contribution in [1.82, 2.24) is 9.97 Å². The molecule has 3 nitrogen and oxygen atoms in total. The van der Waals surface area contributed by atoms with Gasteiger partial charge in [0.15, 0.2) is 0 Å². The van der Waals surface area contributed by atoms with Crippen LogP contribution in [0.3, 0.4) is 0 Å². The Morgan fingerprint density at radius 1 is 1.32 bits per heavy atom. The lowest BCUT2D eigenvalue weighted by Crippen LogP contribution is -2.21. The van der Waals surface area contributed by atoms with Crippen molar-refractivity contribution in [1.29, 1.82) is 0 Å². The number of hydrogen-bond acceptors (Lipinski definition) is 3. The lowest BCUT2D eigenvalue weighted by Gasteiger charge is -2.29. The molecule has 4 heteroatoms. The summed E-state index contributed by atoms with van der Waals surface area (Å²) in [7, 11) is 0. The summed E-state index contributed by atoms with van der Waals surface area (Å²) in [6.07, 6.45) is 1.06. The van der Waals surface area contributed by atoms with E-state index in [-0.39, 0.29) is 0 Å². The van der Waals surface area contributed by atoms with E-state index in [2.05, 4.69) is 71.0 Å². The average molecular weight is 365 g/mol. The molecule has 1 atom stereocenters. The van der Waals surface area contributed by atoms with Gasteiger partial charge in [0, 0.05) is 12.5 Å². The maximum absolute atomic E-state index is 4.71. The third-order valence-corrected chi connectivity index (χ3v) is 4.84. The first-order valence-corrected chi connectivity index (χ1v) is 7.64. The van der Waals surface area contributed by atoms with Gasteiger partial charge in [-0.3, -0.25) is 0 Å². The Kier molecular flexibility index (Phi) is 3.43. The number of anilines is 1. The highest BCUT2D eigenvalue weighted by atomic mass is 127. The molecule has 1 aromatic heterocycles. The molecule has 0 saturated heterocycles. The molecule has 1 N–H and O–H groups in total. The summed E-state index contributed by atoms with van der Waals surface area (Å²) in [5.74, 6) is 2.28. The molecule has 3 rings (SSSR count). The van der Waals surface area contributed by atoms with E-state index in [1.165, 1.54) is 11.1 Å². The van der Waals surface area contributed by atoms with E-state index in [9.17, 15) is 0 Å². The topological polar surface area (TPSA) is 37.8 Å². The molecule has 2 aromatic rings. The Bertz CT molecular complexity index is 625. The van der Waals surface area contributed by atoms with Gasteiger partial charge in [0.25, 0.3) is 0 Å². The number of benzene rings is 1. The molecule has 1 aromatic carbocycles. The first kappa shape index (κ1) is 12.8. The van der Waals surface area contributed by atoms with Gasteiger partial charge in [-0.1, -0.05) is 24.3 Å². The molecule has 19 heavy (non-hydrogen) atoms.